The summed E-state index contributed by atoms with van der Waals surface area (Å²) in [6.07, 6.45) is 1.61. The van der Waals surface area contributed by atoms with E-state index in [0.717, 1.165) is 0 Å². The van der Waals surface area contributed by atoms with Crippen molar-refractivity contribution in [3.05, 3.63) is 24.0 Å². The van der Waals surface area contributed by atoms with E-state index >= 15 is 0 Å². The average molecular weight is 266 g/mol. The molecule has 1 aromatic heterocycles. The maximum absolute atomic E-state index is 12.3. The van der Waals surface area contributed by atoms with Crippen LogP contribution in [0.5, 0.6) is 0 Å². The Hall–Kier alpha value is -1.82. The molecule has 1 aromatic rings. The number of carbonyl (C=O) groups is 2. The lowest BCUT2D eigenvalue weighted by molar-refractivity contribution is -0.146. The molecule has 1 fully saturated rings. The largest absolute Gasteiger partial charge is 0.477 e. The number of nitrogens with zero attached hydrogens (tertiary/aromatic N) is 2. The van der Waals surface area contributed by atoms with Gasteiger partial charge in [-0.2, -0.15) is 0 Å². The quantitative estimate of drug-likeness (QED) is 0.879. The molecule has 104 valence electrons. The second kappa shape index (κ2) is 5.05. The fourth-order valence-corrected chi connectivity index (χ4v) is 2.30. The van der Waals surface area contributed by atoms with Crippen molar-refractivity contribution < 1.29 is 19.4 Å². The van der Waals surface area contributed by atoms with Crippen LogP contribution in [0.15, 0.2) is 18.3 Å². The van der Waals surface area contributed by atoms with Crippen molar-refractivity contribution in [1.82, 2.24) is 9.47 Å². The van der Waals surface area contributed by atoms with E-state index in [4.69, 9.17) is 9.84 Å². The van der Waals surface area contributed by atoms with E-state index < -0.39 is 5.97 Å². The van der Waals surface area contributed by atoms with E-state index in [-0.39, 0.29) is 23.7 Å². The number of morpholine rings is 1. The fraction of sp³-hybridized carbons (Fsp3) is 0.538. The van der Waals surface area contributed by atoms with Gasteiger partial charge in [-0.1, -0.05) is 0 Å². The maximum Gasteiger partial charge on any atom is 0.352 e. The minimum atomic E-state index is -1.03. The lowest BCUT2D eigenvalue weighted by Gasteiger charge is -2.42. The van der Waals surface area contributed by atoms with Crippen LogP contribution in [0.2, 0.25) is 0 Å². The molecule has 0 spiro atoms. The molecule has 6 nitrogen and oxygen atoms in total. The summed E-state index contributed by atoms with van der Waals surface area (Å²) < 4.78 is 6.82. The van der Waals surface area contributed by atoms with Gasteiger partial charge in [0.15, 0.2) is 0 Å². The third kappa shape index (κ3) is 2.78. The molecule has 0 aliphatic carbocycles. The first kappa shape index (κ1) is 13.6. The van der Waals surface area contributed by atoms with Gasteiger partial charge in [-0.15, -0.1) is 0 Å². The van der Waals surface area contributed by atoms with Crippen LogP contribution in [0.1, 0.15) is 24.3 Å². The van der Waals surface area contributed by atoms with Gasteiger partial charge >= 0.3 is 5.97 Å². The van der Waals surface area contributed by atoms with Gasteiger partial charge < -0.3 is 19.3 Å². The van der Waals surface area contributed by atoms with Crippen molar-refractivity contribution in [1.29, 1.82) is 0 Å². The first-order valence-corrected chi connectivity index (χ1v) is 6.18. The molecule has 1 N–H and O–H groups in total. The highest BCUT2D eigenvalue weighted by atomic mass is 16.5. The predicted molar refractivity (Wildman–Crippen MR) is 68.0 cm³/mol. The zero-order valence-corrected chi connectivity index (χ0v) is 11.1. The summed E-state index contributed by atoms with van der Waals surface area (Å²) in [6, 6.07) is 3.11. The summed E-state index contributed by atoms with van der Waals surface area (Å²) in [6.45, 7) is 5.48. The first-order valence-electron chi connectivity index (χ1n) is 6.18. The summed E-state index contributed by atoms with van der Waals surface area (Å²) >= 11 is 0. The summed E-state index contributed by atoms with van der Waals surface area (Å²) in [7, 11) is 0. The van der Waals surface area contributed by atoms with Gasteiger partial charge in [0.25, 0.3) is 0 Å². The van der Waals surface area contributed by atoms with Gasteiger partial charge in [-0.05, 0) is 26.0 Å². The molecular weight excluding hydrogens is 248 g/mol. The van der Waals surface area contributed by atoms with E-state index in [1.807, 2.05) is 13.8 Å². The van der Waals surface area contributed by atoms with Crippen molar-refractivity contribution >= 4 is 11.9 Å². The van der Waals surface area contributed by atoms with Gasteiger partial charge in [-0.3, -0.25) is 4.79 Å². The third-order valence-corrected chi connectivity index (χ3v) is 3.30. The van der Waals surface area contributed by atoms with Gasteiger partial charge in [0.2, 0.25) is 5.91 Å². The minimum absolute atomic E-state index is 0.0397. The smallest absolute Gasteiger partial charge is 0.352 e. The van der Waals surface area contributed by atoms with E-state index in [9.17, 15) is 9.59 Å². The number of ether oxygens (including phenoxy) is 1. The lowest BCUT2D eigenvalue weighted by atomic mass is 10.0. The summed E-state index contributed by atoms with van der Waals surface area (Å²) in [4.78, 5) is 25.1. The second-order valence-corrected chi connectivity index (χ2v) is 5.24. The predicted octanol–water partition coefficient (Wildman–Crippen LogP) is 0.824. The Morgan fingerprint density at radius 3 is 2.84 bits per heavy atom. The number of hydrogen-bond acceptors (Lipinski definition) is 3. The topological polar surface area (TPSA) is 71.8 Å². The van der Waals surface area contributed by atoms with Gasteiger partial charge in [0, 0.05) is 12.7 Å². The zero-order chi connectivity index (χ0) is 14.0. The molecule has 1 saturated heterocycles. The van der Waals surface area contributed by atoms with Crippen LogP contribution in [-0.2, 0) is 16.1 Å². The number of aromatic carboxylic acids is 1. The molecule has 0 radical (unpaired) electrons. The summed E-state index contributed by atoms with van der Waals surface area (Å²) in [5.41, 5.74) is -0.231. The van der Waals surface area contributed by atoms with Crippen LogP contribution in [-0.4, -0.2) is 51.7 Å². The van der Waals surface area contributed by atoms with Crippen LogP contribution in [0.25, 0.3) is 0 Å². The molecular formula is C13H18N2O4. The Morgan fingerprint density at radius 1 is 1.47 bits per heavy atom. The van der Waals surface area contributed by atoms with Gasteiger partial charge in [0.1, 0.15) is 12.2 Å². The molecule has 0 saturated carbocycles. The summed E-state index contributed by atoms with van der Waals surface area (Å²) in [5, 5.41) is 9.01. The van der Waals surface area contributed by atoms with E-state index in [1.165, 1.54) is 10.6 Å². The number of carboxylic acid groups (broad SMARTS) is 1. The molecule has 1 aliphatic heterocycles. The van der Waals surface area contributed by atoms with Crippen LogP contribution in [0.4, 0.5) is 0 Å². The van der Waals surface area contributed by atoms with Crippen molar-refractivity contribution in [3.8, 4) is 0 Å². The normalized spacial score (nSPS) is 18.3. The molecule has 0 bridgehead atoms. The maximum atomic E-state index is 12.3. The van der Waals surface area contributed by atoms with Gasteiger partial charge in [0.05, 0.1) is 18.8 Å². The van der Waals surface area contributed by atoms with Gasteiger partial charge in [-0.25, -0.2) is 4.79 Å². The molecule has 6 heteroatoms. The molecule has 0 unspecified atom stereocenters. The van der Waals surface area contributed by atoms with Crippen molar-refractivity contribution in [3.63, 3.8) is 0 Å². The van der Waals surface area contributed by atoms with Crippen LogP contribution < -0.4 is 0 Å². The van der Waals surface area contributed by atoms with Crippen molar-refractivity contribution in [2.45, 2.75) is 25.9 Å². The average Bonchev–Trinajstić information content (AvgIpc) is 2.76. The highest BCUT2D eigenvalue weighted by molar-refractivity contribution is 5.87. The first-order chi connectivity index (χ1) is 8.92. The number of carboxylic acids is 1. The summed E-state index contributed by atoms with van der Waals surface area (Å²) in [5.74, 6) is -1.12. The number of carbonyl (C=O) groups excluding carboxylic acids is 1. The highest BCUT2D eigenvalue weighted by Gasteiger charge is 2.34. The van der Waals surface area contributed by atoms with Crippen molar-refractivity contribution in [2.75, 3.05) is 19.8 Å². The Labute approximate surface area is 111 Å². The van der Waals surface area contributed by atoms with E-state index in [1.54, 1.807) is 17.2 Å². The van der Waals surface area contributed by atoms with Crippen LogP contribution in [0, 0.1) is 0 Å². The number of hydrogen-bond donors (Lipinski definition) is 1. The molecule has 2 heterocycles. The molecule has 19 heavy (non-hydrogen) atoms. The van der Waals surface area contributed by atoms with E-state index in [0.29, 0.717) is 19.8 Å². The number of aromatic nitrogens is 1. The Balaban J connectivity index is 2.12. The highest BCUT2D eigenvalue weighted by Crippen LogP contribution is 2.19. The second-order valence-electron chi connectivity index (χ2n) is 5.24. The van der Waals surface area contributed by atoms with Crippen LogP contribution in [0.3, 0.4) is 0 Å². The standard InChI is InChI=1S/C13H18N2O4/c1-13(2)9-19-7-6-15(13)11(16)8-14-5-3-4-10(14)12(17)18/h3-5H,6-9H2,1-2H3,(H,17,18). The number of amides is 1. The fourth-order valence-electron chi connectivity index (χ4n) is 2.30. The zero-order valence-electron chi connectivity index (χ0n) is 11.1. The minimum Gasteiger partial charge on any atom is -0.477 e. The van der Waals surface area contributed by atoms with E-state index in [2.05, 4.69) is 0 Å². The Morgan fingerprint density at radius 2 is 2.21 bits per heavy atom. The number of rotatable bonds is 3. The van der Waals surface area contributed by atoms with Crippen molar-refractivity contribution in [2.24, 2.45) is 0 Å². The lowest BCUT2D eigenvalue weighted by Crippen LogP contribution is -2.56. The van der Waals surface area contributed by atoms with Crippen LogP contribution >= 0.6 is 0 Å². The molecule has 1 aliphatic rings. The Kier molecular flexibility index (Phi) is 3.61. The Bertz CT molecular complexity index is 493. The molecule has 2 rings (SSSR count). The third-order valence-electron chi connectivity index (χ3n) is 3.30. The monoisotopic (exact) mass is 266 g/mol. The molecule has 0 aromatic carbocycles. The molecule has 1 amide bonds. The SMILES string of the molecule is CC1(C)COCCN1C(=O)Cn1cccc1C(=O)O. The molecule has 0 atom stereocenters.